The molecule has 3 rings (SSSR count). The first-order valence-corrected chi connectivity index (χ1v) is 11.0. The minimum absolute atomic E-state index is 0.0914. The number of hydrogen-bond donors (Lipinski definition) is 1. The number of ether oxygens (including phenoxy) is 1. The van der Waals surface area contributed by atoms with Crippen molar-refractivity contribution in [1.29, 1.82) is 0 Å². The third kappa shape index (κ3) is 4.90. The van der Waals surface area contributed by atoms with E-state index in [4.69, 9.17) is 27.9 Å². The van der Waals surface area contributed by atoms with Gasteiger partial charge in [0.25, 0.3) is 5.91 Å². The van der Waals surface area contributed by atoms with Crippen molar-refractivity contribution in [2.24, 2.45) is 5.10 Å². The molecule has 1 unspecified atom stereocenters. The van der Waals surface area contributed by atoms with E-state index < -0.39 is 22.0 Å². The smallest absolute Gasteiger partial charge is 0.258 e. The van der Waals surface area contributed by atoms with Gasteiger partial charge in [-0.1, -0.05) is 23.2 Å². The van der Waals surface area contributed by atoms with E-state index >= 15 is 0 Å². The molecule has 29 heavy (non-hydrogen) atoms. The third-order valence-electron chi connectivity index (χ3n) is 4.50. The summed E-state index contributed by atoms with van der Waals surface area (Å²) in [7, 11) is -2.31. The Morgan fingerprint density at radius 3 is 2.59 bits per heavy atom. The lowest BCUT2D eigenvalue weighted by Crippen LogP contribution is -2.44. The Bertz CT molecular complexity index is 1030. The van der Waals surface area contributed by atoms with Gasteiger partial charge in [-0.15, -0.1) is 0 Å². The van der Waals surface area contributed by atoms with Crippen molar-refractivity contribution in [3.8, 4) is 5.75 Å². The summed E-state index contributed by atoms with van der Waals surface area (Å²) < 4.78 is 32.2. The van der Waals surface area contributed by atoms with Crippen LogP contribution in [-0.4, -0.2) is 44.5 Å². The Hall–Kier alpha value is -2.13. The number of carbonyl (C=O) groups excluding carboxylic acids is 1. The molecule has 1 heterocycles. The van der Waals surface area contributed by atoms with Crippen LogP contribution >= 0.6 is 23.2 Å². The summed E-state index contributed by atoms with van der Waals surface area (Å²) in [5.74, 6) is 0.0393. The van der Waals surface area contributed by atoms with Crippen LogP contribution in [0.15, 0.2) is 52.5 Å². The van der Waals surface area contributed by atoms with Crippen molar-refractivity contribution in [2.75, 3.05) is 13.7 Å². The molecule has 0 radical (unpaired) electrons. The van der Waals surface area contributed by atoms with E-state index in [0.717, 1.165) is 0 Å². The van der Waals surface area contributed by atoms with Crippen LogP contribution in [0.2, 0.25) is 10.0 Å². The van der Waals surface area contributed by atoms with Gasteiger partial charge in [0.15, 0.2) is 0 Å². The van der Waals surface area contributed by atoms with Gasteiger partial charge in [0.1, 0.15) is 11.8 Å². The predicted molar refractivity (Wildman–Crippen MR) is 112 cm³/mol. The number of nitrogens with one attached hydrogen (secondary N) is 1. The van der Waals surface area contributed by atoms with Crippen LogP contribution in [0.1, 0.15) is 18.4 Å². The van der Waals surface area contributed by atoms with Gasteiger partial charge in [0.05, 0.1) is 18.2 Å². The molecule has 1 saturated heterocycles. The zero-order valence-electron chi connectivity index (χ0n) is 15.5. The largest absolute Gasteiger partial charge is 0.496 e. The van der Waals surface area contributed by atoms with Crippen LogP contribution in [0.4, 0.5) is 0 Å². The van der Waals surface area contributed by atoms with Crippen LogP contribution in [0.5, 0.6) is 5.75 Å². The quantitative estimate of drug-likeness (QED) is 0.534. The number of halogens is 2. The fourth-order valence-electron chi connectivity index (χ4n) is 3.08. The van der Waals surface area contributed by atoms with Crippen molar-refractivity contribution in [1.82, 2.24) is 9.73 Å². The molecular weight excluding hydrogens is 437 g/mol. The van der Waals surface area contributed by atoms with Crippen LogP contribution in [0.3, 0.4) is 0 Å². The number of carbonyl (C=O) groups is 1. The van der Waals surface area contributed by atoms with Gasteiger partial charge in [-0.05, 0) is 55.3 Å². The van der Waals surface area contributed by atoms with E-state index in [1.54, 1.807) is 18.2 Å². The molecule has 7 nitrogen and oxygen atoms in total. The average Bonchev–Trinajstić information content (AvgIpc) is 3.19. The molecule has 1 N–H and O–H groups in total. The van der Waals surface area contributed by atoms with Gasteiger partial charge in [0.2, 0.25) is 10.0 Å². The highest BCUT2D eigenvalue weighted by atomic mass is 35.5. The van der Waals surface area contributed by atoms with Gasteiger partial charge >= 0.3 is 0 Å². The van der Waals surface area contributed by atoms with Crippen LogP contribution < -0.4 is 10.2 Å². The predicted octanol–water partition coefficient (Wildman–Crippen LogP) is 3.31. The molecule has 0 bridgehead atoms. The summed E-state index contributed by atoms with van der Waals surface area (Å²) in [4.78, 5) is 12.7. The molecule has 0 saturated carbocycles. The second kappa shape index (κ2) is 9.13. The zero-order valence-corrected chi connectivity index (χ0v) is 17.8. The Morgan fingerprint density at radius 2 is 1.90 bits per heavy atom. The highest BCUT2D eigenvalue weighted by Crippen LogP contribution is 2.27. The zero-order chi connectivity index (χ0) is 21.0. The summed E-state index contributed by atoms with van der Waals surface area (Å²) in [5.41, 5.74) is 2.99. The summed E-state index contributed by atoms with van der Waals surface area (Å²) in [5, 5.41) is 4.87. The third-order valence-corrected chi connectivity index (χ3v) is 6.91. The highest BCUT2D eigenvalue weighted by molar-refractivity contribution is 7.89. The number of amides is 1. The lowest BCUT2D eigenvalue weighted by molar-refractivity contribution is -0.124. The first-order chi connectivity index (χ1) is 13.8. The van der Waals surface area contributed by atoms with Gasteiger partial charge in [0, 0.05) is 22.2 Å². The number of hydrazone groups is 1. The topological polar surface area (TPSA) is 88.1 Å². The molecule has 0 aliphatic carbocycles. The molecule has 154 valence electrons. The molecule has 2 aromatic rings. The molecular formula is C19H19Cl2N3O4S. The van der Waals surface area contributed by atoms with Gasteiger partial charge in [-0.3, -0.25) is 4.79 Å². The summed E-state index contributed by atoms with van der Waals surface area (Å²) in [6.45, 7) is 0.259. The number of sulfonamides is 1. The summed E-state index contributed by atoms with van der Waals surface area (Å²) in [6, 6.07) is 10.0. The van der Waals surface area contributed by atoms with Crippen molar-refractivity contribution in [2.45, 2.75) is 23.8 Å². The number of methoxy groups -OCH3 is 1. The van der Waals surface area contributed by atoms with E-state index in [2.05, 4.69) is 10.5 Å². The van der Waals surface area contributed by atoms with Crippen LogP contribution in [0, 0.1) is 0 Å². The van der Waals surface area contributed by atoms with E-state index in [1.165, 1.54) is 41.9 Å². The fourth-order valence-corrected chi connectivity index (χ4v) is 5.04. The number of rotatable bonds is 6. The molecule has 10 heteroatoms. The molecule has 0 aromatic heterocycles. The van der Waals surface area contributed by atoms with Gasteiger partial charge in [-0.2, -0.15) is 9.41 Å². The molecule has 1 atom stereocenters. The second-order valence-electron chi connectivity index (χ2n) is 6.35. The standard InChI is InChI=1S/C19H19Cl2N3O4S/c1-28-18-9-6-15(21)11-13(18)12-22-23-19(25)17-3-2-10-24(17)29(26,27)16-7-4-14(20)5-8-16/h4-9,11-12,17H,2-3,10H2,1H3,(H,23,25)/b22-12-. The molecule has 0 spiro atoms. The molecule has 1 aliphatic rings. The Kier molecular flexibility index (Phi) is 6.79. The normalized spacial score (nSPS) is 17.6. The van der Waals surface area contributed by atoms with E-state index in [1.807, 2.05) is 0 Å². The van der Waals surface area contributed by atoms with Crippen molar-refractivity contribution in [3.63, 3.8) is 0 Å². The lowest BCUT2D eigenvalue weighted by atomic mass is 10.2. The van der Waals surface area contributed by atoms with E-state index in [9.17, 15) is 13.2 Å². The van der Waals surface area contributed by atoms with Gasteiger partial charge < -0.3 is 4.74 Å². The van der Waals surface area contributed by atoms with Crippen molar-refractivity contribution in [3.05, 3.63) is 58.1 Å². The Labute approximate surface area is 179 Å². The maximum atomic E-state index is 12.9. The van der Waals surface area contributed by atoms with Crippen molar-refractivity contribution >= 4 is 45.3 Å². The Morgan fingerprint density at radius 1 is 1.21 bits per heavy atom. The average molecular weight is 456 g/mol. The highest BCUT2D eigenvalue weighted by Gasteiger charge is 2.39. The monoisotopic (exact) mass is 455 g/mol. The van der Waals surface area contributed by atoms with E-state index in [0.29, 0.717) is 34.2 Å². The van der Waals surface area contributed by atoms with E-state index in [-0.39, 0.29) is 11.4 Å². The minimum atomic E-state index is -3.82. The number of benzene rings is 2. The van der Waals surface area contributed by atoms with Crippen LogP contribution in [0.25, 0.3) is 0 Å². The fraction of sp³-hybridized carbons (Fsp3) is 0.263. The van der Waals surface area contributed by atoms with Crippen LogP contribution in [-0.2, 0) is 14.8 Å². The molecule has 1 fully saturated rings. The minimum Gasteiger partial charge on any atom is -0.496 e. The number of hydrogen-bond acceptors (Lipinski definition) is 5. The molecule has 1 amide bonds. The summed E-state index contributed by atoms with van der Waals surface area (Å²) in [6.07, 6.45) is 2.39. The maximum Gasteiger partial charge on any atom is 0.258 e. The van der Waals surface area contributed by atoms with Gasteiger partial charge in [-0.25, -0.2) is 13.8 Å². The van der Waals surface area contributed by atoms with Crippen molar-refractivity contribution < 1.29 is 17.9 Å². The first-order valence-electron chi connectivity index (χ1n) is 8.77. The summed E-state index contributed by atoms with van der Waals surface area (Å²) >= 11 is 11.8. The first kappa shape index (κ1) is 21.6. The lowest BCUT2D eigenvalue weighted by Gasteiger charge is -2.22. The Balaban J connectivity index is 1.73. The second-order valence-corrected chi connectivity index (χ2v) is 9.11. The SMILES string of the molecule is COc1ccc(Cl)cc1/C=N\NC(=O)C1CCCN1S(=O)(=O)c1ccc(Cl)cc1. The maximum absolute atomic E-state index is 12.9. The molecule has 1 aliphatic heterocycles. The number of nitrogens with zero attached hydrogens (tertiary/aromatic N) is 2. The molecule has 2 aromatic carbocycles.